The number of benzene rings is 2. The summed E-state index contributed by atoms with van der Waals surface area (Å²) in [7, 11) is 0. The van der Waals surface area contributed by atoms with Crippen LogP contribution in [0.2, 0.25) is 0 Å². The molecule has 0 fully saturated rings. The van der Waals surface area contributed by atoms with Crippen LogP contribution in [0.4, 0.5) is 0 Å². The Morgan fingerprint density at radius 1 is 0.917 bits per heavy atom. The van der Waals surface area contributed by atoms with Gasteiger partial charge in [0.2, 0.25) is 18.1 Å². The maximum atomic E-state index is 12.5. The Bertz CT molecular complexity index is 956. The van der Waals surface area contributed by atoms with Crippen LogP contribution in [0, 0.1) is 11.3 Å². The molecule has 0 amide bonds. The highest BCUT2D eigenvalue weighted by atomic mass is 16.1. The second-order valence-electron chi connectivity index (χ2n) is 5.43. The standard InChI is InChI=1S/C20H15N2O2/c21-12-10-18(23)20-17-9-5-4-6-15(17)11-13-22(20)14-19(24)16-7-2-1-3-8-16/h1-9,11,13H,10,14H2/q+1. The quantitative estimate of drug-likeness (QED) is 0.537. The first kappa shape index (κ1) is 15.6. The van der Waals surface area contributed by atoms with Gasteiger partial charge < -0.3 is 0 Å². The number of pyridine rings is 1. The van der Waals surface area contributed by atoms with Crippen molar-refractivity contribution in [1.82, 2.24) is 0 Å². The second-order valence-corrected chi connectivity index (χ2v) is 5.43. The van der Waals surface area contributed by atoms with Crippen molar-refractivity contribution >= 4 is 22.3 Å². The van der Waals surface area contributed by atoms with Crippen molar-refractivity contribution in [3.63, 3.8) is 0 Å². The van der Waals surface area contributed by atoms with Crippen LogP contribution in [0.25, 0.3) is 10.8 Å². The minimum Gasteiger partial charge on any atom is -0.287 e. The molecular weight excluding hydrogens is 300 g/mol. The lowest BCUT2D eigenvalue weighted by Crippen LogP contribution is -2.43. The van der Waals surface area contributed by atoms with Crippen molar-refractivity contribution in [3.8, 4) is 6.07 Å². The highest BCUT2D eigenvalue weighted by molar-refractivity contribution is 6.05. The summed E-state index contributed by atoms with van der Waals surface area (Å²) in [4.78, 5) is 24.9. The maximum Gasteiger partial charge on any atom is 0.258 e. The van der Waals surface area contributed by atoms with E-state index >= 15 is 0 Å². The number of hydrogen-bond acceptors (Lipinski definition) is 3. The third-order valence-electron chi connectivity index (χ3n) is 3.85. The fourth-order valence-corrected chi connectivity index (χ4v) is 2.73. The lowest BCUT2D eigenvalue weighted by molar-refractivity contribution is -0.683. The van der Waals surface area contributed by atoms with Gasteiger partial charge in [0, 0.05) is 11.6 Å². The van der Waals surface area contributed by atoms with E-state index in [9.17, 15) is 9.59 Å². The lowest BCUT2D eigenvalue weighted by Gasteiger charge is -2.06. The number of aromatic nitrogens is 1. The first-order valence-corrected chi connectivity index (χ1v) is 7.60. The summed E-state index contributed by atoms with van der Waals surface area (Å²) in [5.41, 5.74) is 0.996. The highest BCUT2D eigenvalue weighted by Gasteiger charge is 2.24. The van der Waals surface area contributed by atoms with Gasteiger partial charge in [-0.1, -0.05) is 48.5 Å². The highest BCUT2D eigenvalue weighted by Crippen LogP contribution is 2.17. The van der Waals surface area contributed by atoms with Gasteiger partial charge in [-0.25, -0.2) is 0 Å². The smallest absolute Gasteiger partial charge is 0.258 e. The molecule has 0 N–H and O–H groups in total. The third kappa shape index (κ3) is 3.06. The lowest BCUT2D eigenvalue weighted by atomic mass is 10.0. The summed E-state index contributed by atoms with van der Waals surface area (Å²) in [6.45, 7) is 0.0569. The molecule has 2 aromatic carbocycles. The Balaban J connectivity index is 2.07. The maximum absolute atomic E-state index is 12.5. The van der Waals surface area contributed by atoms with Gasteiger partial charge in [0.15, 0.2) is 6.20 Å². The van der Waals surface area contributed by atoms with Gasteiger partial charge in [-0.3, -0.25) is 9.59 Å². The Kier molecular flexibility index (Phi) is 4.44. The molecular formula is C20H15N2O2+. The largest absolute Gasteiger partial charge is 0.287 e. The SMILES string of the molecule is N#CCC(=O)c1c2ccccc2cc[n+]1CC(=O)c1ccccc1. The second kappa shape index (κ2) is 6.84. The zero-order chi connectivity index (χ0) is 16.9. The fourth-order valence-electron chi connectivity index (χ4n) is 2.73. The van der Waals surface area contributed by atoms with Crippen LogP contribution in [0.15, 0.2) is 66.9 Å². The Labute approximate surface area is 139 Å². The van der Waals surface area contributed by atoms with Crippen LogP contribution < -0.4 is 4.57 Å². The van der Waals surface area contributed by atoms with Gasteiger partial charge in [-0.05, 0) is 11.5 Å². The number of hydrogen-bond donors (Lipinski definition) is 0. The van der Waals surface area contributed by atoms with E-state index in [2.05, 4.69) is 0 Å². The molecule has 1 heterocycles. The summed E-state index contributed by atoms with van der Waals surface area (Å²) in [6, 6.07) is 20.2. The number of fused-ring (bicyclic) bond motifs is 1. The first-order chi connectivity index (χ1) is 11.7. The Morgan fingerprint density at radius 3 is 2.38 bits per heavy atom. The number of carbonyl (C=O) groups excluding carboxylic acids is 2. The van der Waals surface area contributed by atoms with Crippen molar-refractivity contribution in [2.24, 2.45) is 0 Å². The first-order valence-electron chi connectivity index (χ1n) is 7.60. The summed E-state index contributed by atoms with van der Waals surface area (Å²) >= 11 is 0. The average Bonchev–Trinajstić information content (AvgIpc) is 2.62. The Morgan fingerprint density at radius 2 is 1.62 bits per heavy atom. The number of carbonyl (C=O) groups is 2. The summed E-state index contributed by atoms with van der Waals surface area (Å²) in [5, 5.41) is 10.5. The van der Waals surface area contributed by atoms with E-state index in [1.165, 1.54) is 0 Å². The predicted octanol–water partition coefficient (Wildman–Crippen LogP) is 3.11. The van der Waals surface area contributed by atoms with E-state index in [0.29, 0.717) is 11.3 Å². The van der Waals surface area contributed by atoms with Crippen molar-refractivity contribution in [2.75, 3.05) is 0 Å². The van der Waals surface area contributed by atoms with Crippen molar-refractivity contribution in [1.29, 1.82) is 5.26 Å². The van der Waals surface area contributed by atoms with E-state index in [1.54, 1.807) is 35.0 Å². The van der Waals surface area contributed by atoms with Crippen molar-refractivity contribution < 1.29 is 14.2 Å². The molecule has 116 valence electrons. The van der Waals surface area contributed by atoms with E-state index in [0.717, 1.165) is 10.8 Å². The molecule has 0 aliphatic carbocycles. The molecule has 3 aromatic rings. The van der Waals surface area contributed by atoms with Crippen molar-refractivity contribution in [3.05, 3.63) is 78.1 Å². The van der Waals surface area contributed by atoms with E-state index < -0.39 is 0 Å². The van der Waals surface area contributed by atoms with Gasteiger partial charge in [0.1, 0.15) is 6.42 Å². The van der Waals surface area contributed by atoms with Gasteiger partial charge in [0.25, 0.3) is 5.69 Å². The van der Waals surface area contributed by atoms with E-state index in [4.69, 9.17) is 5.26 Å². The van der Waals surface area contributed by atoms with Gasteiger partial charge in [0.05, 0.1) is 11.5 Å². The number of nitriles is 1. The molecule has 0 saturated carbocycles. The van der Waals surface area contributed by atoms with E-state index in [1.807, 2.05) is 42.5 Å². The van der Waals surface area contributed by atoms with Crippen LogP contribution in [-0.4, -0.2) is 11.6 Å². The van der Waals surface area contributed by atoms with Gasteiger partial charge in [-0.15, -0.1) is 0 Å². The molecule has 3 rings (SSSR count). The molecule has 0 unspecified atom stereocenters. The van der Waals surface area contributed by atoms with Gasteiger partial charge in [-0.2, -0.15) is 9.83 Å². The minimum atomic E-state index is -0.282. The zero-order valence-corrected chi connectivity index (χ0v) is 13.0. The molecule has 4 nitrogen and oxygen atoms in total. The number of ketones is 2. The molecule has 0 aliphatic rings. The molecule has 0 spiro atoms. The molecule has 0 aliphatic heterocycles. The third-order valence-corrected chi connectivity index (χ3v) is 3.85. The molecule has 0 saturated heterocycles. The molecule has 24 heavy (non-hydrogen) atoms. The number of nitrogens with zero attached hydrogens (tertiary/aromatic N) is 2. The van der Waals surface area contributed by atoms with Crippen LogP contribution in [0.5, 0.6) is 0 Å². The molecule has 0 radical (unpaired) electrons. The molecule has 4 heteroatoms. The average molecular weight is 315 g/mol. The van der Waals surface area contributed by atoms with Crippen LogP contribution in [-0.2, 0) is 6.54 Å². The molecule has 1 aromatic heterocycles. The van der Waals surface area contributed by atoms with Crippen LogP contribution >= 0.6 is 0 Å². The fraction of sp³-hybridized carbons (Fsp3) is 0.100. The summed E-state index contributed by atoms with van der Waals surface area (Å²) in [5.74, 6) is -0.364. The van der Waals surface area contributed by atoms with Crippen LogP contribution in [0.1, 0.15) is 27.3 Å². The summed E-state index contributed by atoms with van der Waals surface area (Å²) in [6.07, 6.45) is 1.52. The monoisotopic (exact) mass is 315 g/mol. The number of Topliss-reactive ketones (excluding diaryl/α,β-unsaturated/α-hetero) is 2. The Hall–Kier alpha value is -3.32. The van der Waals surface area contributed by atoms with E-state index in [-0.39, 0.29) is 24.5 Å². The molecule has 0 atom stereocenters. The van der Waals surface area contributed by atoms with Crippen LogP contribution in [0.3, 0.4) is 0 Å². The normalized spacial score (nSPS) is 10.3. The topological polar surface area (TPSA) is 61.8 Å². The summed E-state index contributed by atoms with van der Waals surface area (Å²) < 4.78 is 1.64. The molecule has 0 bridgehead atoms. The van der Waals surface area contributed by atoms with Crippen molar-refractivity contribution in [2.45, 2.75) is 13.0 Å². The zero-order valence-electron chi connectivity index (χ0n) is 13.0. The minimum absolute atomic E-state index is 0.0569. The number of rotatable bonds is 5. The predicted molar refractivity (Wildman–Crippen MR) is 89.5 cm³/mol. The van der Waals surface area contributed by atoms with Gasteiger partial charge >= 0.3 is 0 Å².